The van der Waals surface area contributed by atoms with Crippen molar-refractivity contribution in [3.05, 3.63) is 23.5 Å². The largest absolute Gasteiger partial charge is 0.346 e. The summed E-state index contributed by atoms with van der Waals surface area (Å²) in [5.41, 5.74) is 2.35. The van der Waals surface area contributed by atoms with E-state index >= 15 is 0 Å². The molecule has 0 spiro atoms. The quantitative estimate of drug-likeness (QED) is 0.643. The van der Waals surface area contributed by atoms with Gasteiger partial charge >= 0.3 is 0 Å². The first-order valence-corrected chi connectivity index (χ1v) is 8.18. The number of aliphatic imine (C=N–C) groups is 2. The van der Waals surface area contributed by atoms with Gasteiger partial charge in [0.25, 0.3) is 0 Å². The van der Waals surface area contributed by atoms with E-state index in [1.54, 1.807) is 11.1 Å². The van der Waals surface area contributed by atoms with Crippen molar-refractivity contribution in [3.63, 3.8) is 0 Å². The summed E-state index contributed by atoms with van der Waals surface area (Å²) in [7, 11) is 0. The maximum Gasteiger partial charge on any atom is 0.236 e. The molecule has 130 valence electrons. The molecule has 3 N–H and O–H groups in total. The third kappa shape index (κ3) is 3.06. The Morgan fingerprint density at radius 2 is 2.44 bits per heavy atom. The van der Waals surface area contributed by atoms with E-state index in [1.807, 2.05) is 12.1 Å². The number of nitrogens with zero attached hydrogens (tertiary/aromatic N) is 5. The minimum atomic E-state index is -0.148. The second-order valence-electron chi connectivity index (χ2n) is 6.33. The van der Waals surface area contributed by atoms with Gasteiger partial charge in [-0.3, -0.25) is 14.8 Å². The summed E-state index contributed by atoms with van der Waals surface area (Å²) in [4.78, 5) is 25.5. The first kappa shape index (κ1) is 16.9. The van der Waals surface area contributed by atoms with Gasteiger partial charge < -0.3 is 9.88 Å². The molecule has 3 rings (SSSR count). The molecule has 0 saturated carbocycles. The minimum absolute atomic E-state index is 0.0100. The van der Waals surface area contributed by atoms with Gasteiger partial charge in [0.05, 0.1) is 17.5 Å². The smallest absolute Gasteiger partial charge is 0.236 e. The van der Waals surface area contributed by atoms with Crippen molar-refractivity contribution in [2.75, 3.05) is 13.1 Å². The summed E-state index contributed by atoms with van der Waals surface area (Å²) in [5, 5.41) is 10.2. The van der Waals surface area contributed by atoms with Crippen LogP contribution in [0.1, 0.15) is 25.3 Å². The number of rotatable bonds is 3. The highest BCUT2D eigenvalue weighted by Crippen LogP contribution is 2.38. The SMILES string of the molecule is C=N/C(=C1/c2cc[nH]c2N=CN1N)C1CN(C(=O)CC#N)CCC1C. The summed E-state index contributed by atoms with van der Waals surface area (Å²) < 4.78 is 0. The zero-order valence-electron chi connectivity index (χ0n) is 14.1. The van der Waals surface area contributed by atoms with Gasteiger partial charge in [0.2, 0.25) is 5.91 Å². The molecule has 0 aromatic carbocycles. The minimum Gasteiger partial charge on any atom is -0.346 e. The number of carbonyl (C=O) groups excluding carboxylic acids is 1. The third-order valence-corrected chi connectivity index (χ3v) is 4.86. The topological polar surface area (TPSA) is 114 Å². The van der Waals surface area contributed by atoms with Crippen LogP contribution in [0.2, 0.25) is 0 Å². The zero-order chi connectivity index (χ0) is 18.0. The molecule has 2 unspecified atom stereocenters. The summed E-state index contributed by atoms with van der Waals surface area (Å²) in [6, 6.07) is 3.83. The molecule has 2 atom stereocenters. The average molecular weight is 339 g/mol. The molecule has 1 aromatic heterocycles. The number of nitrogens with two attached hydrogens (primary N) is 1. The van der Waals surface area contributed by atoms with E-state index in [9.17, 15) is 4.79 Å². The number of hydrogen-bond acceptors (Lipinski definition) is 6. The highest BCUT2D eigenvalue weighted by molar-refractivity contribution is 5.87. The Balaban J connectivity index is 1.99. The molecule has 1 aromatic rings. The van der Waals surface area contributed by atoms with Gasteiger partial charge in [0.15, 0.2) is 0 Å². The summed E-state index contributed by atoms with van der Waals surface area (Å²) in [6.45, 7) is 7.04. The van der Waals surface area contributed by atoms with Crippen LogP contribution >= 0.6 is 0 Å². The number of fused-ring (bicyclic) bond motifs is 1. The van der Waals surface area contributed by atoms with E-state index in [2.05, 4.69) is 28.6 Å². The molecule has 2 aliphatic heterocycles. The average Bonchev–Trinajstić information content (AvgIpc) is 3.07. The number of aromatic amines is 1. The van der Waals surface area contributed by atoms with Crippen LogP contribution in [0, 0.1) is 23.2 Å². The van der Waals surface area contributed by atoms with Crippen molar-refractivity contribution in [3.8, 4) is 6.07 Å². The fourth-order valence-electron chi connectivity index (χ4n) is 3.44. The van der Waals surface area contributed by atoms with Crippen LogP contribution in [0.25, 0.3) is 5.70 Å². The lowest BCUT2D eigenvalue weighted by molar-refractivity contribution is -0.132. The van der Waals surface area contributed by atoms with Gasteiger partial charge in [-0.2, -0.15) is 5.26 Å². The maximum absolute atomic E-state index is 12.1. The predicted octanol–water partition coefficient (Wildman–Crippen LogP) is 1.63. The molecule has 0 radical (unpaired) electrons. The Bertz CT molecular complexity index is 785. The second-order valence-corrected chi connectivity index (χ2v) is 6.33. The molecule has 0 aliphatic carbocycles. The molecule has 1 saturated heterocycles. The van der Waals surface area contributed by atoms with Gasteiger partial charge in [0, 0.05) is 30.8 Å². The first-order chi connectivity index (χ1) is 12.1. The number of H-pyrrole nitrogens is 1. The van der Waals surface area contributed by atoms with Crippen LogP contribution in [-0.2, 0) is 4.79 Å². The molecular formula is C17H21N7O. The number of likely N-dealkylation sites (tertiary alicyclic amines) is 1. The van der Waals surface area contributed by atoms with Gasteiger partial charge in [-0.25, -0.2) is 10.8 Å². The number of amides is 1. The number of carbonyl (C=O) groups is 1. The number of piperidine rings is 1. The maximum atomic E-state index is 12.1. The van der Waals surface area contributed by atoms with E-state index in [1.165, 1.54) is 11.3 Å². The van der Waals surface area contributed by atoms with Crippen LogP contribution in [0.15, 0.2) is 27.9 Å². The summed E-state index contributed by atoms with van der Waals surface area (Å²) >= 11 is 0. The fraction of sp³-hybridized carbons (Fsp3) is 0.412. The van der Waals surface area contributed by atoms with Gasteiger partial charge in [-0.1, -0.05) is 6.92 Å². The van der Waals surface area contributed by atoms with E-state index in [4.69, 9.17) is 11.1 Å². The van der Waals surface area contributed by atoms with E-state index in [0.717, 1.165) is 29.2 Å². The van der Waals surface area contributed by atoms with Crippen LogP contribution in [0.4, 0.5) is 5.82 Å². The summed E-state index contributed by atoms with van der Waals surface area (Å²) in [6.07, 6.45) is 4.07. The molecule has 3 heterocycles. The van der Waals surface area contributed by atoms with Crippen LogP contribution in [0.5, 0.6) is 0 Å². The lowest BCUT2D eigenvalue weighted by atomic mass is 9.83. The van der Waals surface area contributed by atoms with E-state index in [0.29, 0.717) is 19.0 Å². The highest BCUT2D eigenvalue weighted by atomic mass is 16.2. The number of nitrogens with one attached hydrogen (secondary N) is 1. The van der Waals surface area contributed by atoms with Crippen molar-refractivity contribution in [1.82, 2.24) is 14.9 Å². The van der Waals surface area contributed by atoms with E-state index < -0.39 is 0 Å². The Morgan fingerprint density at radius 3 is 3.16 bits per heavy atom. The van der Waals surface area contributed by atoms with Crippen molar-refractivity contribution in [1.29, 1.82) is 5.26 Å². The zero-order valence-corrected chi connectivity index (χ0v) is 14.1. The van der Waals surface area contributed by atoms with Crippen molar-refractivity contribution >= 4 is 30.5 Å². The van der Waals surface area contributed by atoms with Crippen molar-refractivity contribution in [2.24, 2.45) is 27.7 Å². The molecule has 8 heteroatoms. The van der Waals surface area contributed by atoms with Gasteiger partial charge in [-0.05, 0) is 25.1 Å². The number of nitriles is 1. The van der Waals surface area contributed by atoms with Gasteiger partial charge in [-0.15, -0.1) is 0 Å². The Labute approximate surface area is 146 Å². The van der Waals surface area contributed by atoms with Crippen LogP contribution in [-0.4, -0.2) is 46.9 Å². The van der Waals surface area contributed by atoms with Crippen LogP contribution < -0.4 is 5.84 Å². The predicted molar refractivity (Wildman–Crippen MR) is 95.5 cm³/mol. The second kappa shape index (κ2) is 6.91. The Morgan fingerprint density at radius 1 is 1.64 bits per heavy atom. The van der Waals surface area contributed by atoms with Crippen LogP contribution in [0.3, 0.4) is 0 Å². The van der Waals surface area contributed by atoms with E-state index in [-0.39, 0.29) is 18.2 Å². The van der Waals surface area contributed by atoms with Gasteiger partial charge in [0.1, 0.15) is 18.6 Å². The normalized spacial score (nSPS) is 24.5. The third-order valence-electron chi connectivity index (χ3n) is 4.86. The standard InChI is InChI=1S/C17H21N7O/c1-11-5-8-23(14(25)3-6-18)9-13(11)15(20-2)16-12-4-7-21-17(12)22-10-24(16)19/h4,7,10-11,13,21H,2-3,5,8-9,19H2,1H3/b16-15-. The monoisotopic (exact) mass is 339 g/mol. The Kier molecular flexibility index (Phi) is 4.67. The fourth-order valence-corrected chi connectivity index (χ4v) is 3.44. The lowest BCUT2D eigenvalue weighted by Crippen LogP contribution is -2.44. The van der Waals surface area contributed by atoms with Crippen molar-refractivity contribution in [2.45, 2.75) is 19.8 Å². The number of aromatic nitrogens is 1. The lowest BCUT2D eigenvalue weighted by Gasteiger charge is -2.38. The molecule has 1 amide bonds. The number of hydrazine groups is 1. The first-order valence-electron chi connectivity index (χ1n) is 8.18. The molecule has 0 bridgehead atoms. The Hall–Kier alpha value is -2.92. The molecule has 8 nitrogen and oxygen atoms in total. The highest BCUT2D eigenvalue weighted by Gasteiger charge is 2.34. The number of hydrogen-bond donors (Lipinski definition) is 2. The molecule has 1 fully saturated rings. The molecular weight excluding hydrogens is 318 g/mol. The van der Waals surface area contributed by atoms with Crippen molar-refractivity contribution < 1.29 is 4.79 Å². The molecule has 25 heavy (non-hydrogen) atoms. The summed E-state index contributed by atoms with van der Waals surface area (Å²) in [5.74, 6) is 7.00. The molecule has 2 aliphatic rings.